The van der Waals surface area contributed by atoms with E-state index in [0.29, 0.717) is 24.0 Å². The fraction of sp³-hybridized carbons (Fsp3) is 0.667. The van der Waals surface area contributed by atoms with Crippen molar-refractivity contribution in [1.82, 2.24) is 15.3 Å². The van der Waals surface area contributed by atoms with Crippen LogP contribution in [-0.4, -0.2) is 36.1 Å². The molecule has 1 aliphatic heterocycles. The van der Waals surface area contributed by atoms with Crippen molar-refractivity contribution in [2.45, 2.75) is 32.2 Å². The van der Waals surface area contributed by atoms with Gasteiger partial charge >= 0.3 is 0 Å². The van der Waals surface area contributed by atoms with Gasteiger partial charge in [0, 0.05) is 19.1 Å². The molecule has 4 nitrogen and oxygen atoms in total. The third-order valence-electron chi connectivity index (χ3n) is 3.27. The van der Waals surface area contributed by atoms with Crippen LogP contribution in [-0.2, 0) is 6.42 Å². The fourth-order valence-corrected chi connectivity index (χ4v) is 2.40. The normalized spacial score (nSPS) is 19.9. The highest BCUT2D eigenvalue weighted by atomic mass is 19.1. The summed E-state index contributed by atoms with van der Waals surface area (Å²) in [6, 6.07) is 0.342. The Bertz CT molecular complexity index is 383. The van der Waals surface area contributed by atoms with Crippen LogP contribution < -0.4 is 10.2 Å². The smallest absolute Gasteiger partial charge is 0.187 e. The van der Waals surface area contributed by atoms with Gasteiger partial charge in [-0.1, -0.05) is 6.92 Å². The van der Waals surface area contributed by atoms with E-state index in [0.717, 1.165) is 25.9 Å². The van der Waals surface area contributed by atoms with E-state index in [1.165, 1.54) is 6.33 Å². The molecule has 2 heterocycles. The molecule has 1 aliphatic rings. The third-order valence-corrected chi connectivity index (χ3v) is 3.27. The van der Waals surface area contributed by atoms with Crippen LogP contribution in [0.2, 0.25) is 0 Å². The molecule has 1 unspecified atom stereocenters. The summed E-state index contributed by atoms with van der Waals surface area (Å²) in [7, 11) is 1.92. The van der Waals surface area contributed by atoms with Crippen molar-refractivity contribution in [3.63, 3.8) is 0 Å². The van der Waals surface area contributed by atoms with E-state index in [-0.39, 0.29) is 5.82 Å². The average Bonchev–Trinajstić information content (AvgIpc) is 2.78. The van der Waals surface area contributed by atoms with Crippen LogP contribution in [0.15, 0.2) is 6.33 Å². The molecule has 0 bridgehead atoms. The third kappa shape index (κ3) is 2.39. The van der Waals surface area contributed by atoms with E-state index in [1.54, 1.807) is 0 Å². The zero-order valence-electron chi connectivity index (χ0n) is 10.4. The largest absolute Gasteiger partial charge is 0.350 e. The molecule has 0 radical (unpaired) electrons. The number of likely N-dealkylation sites (N-methyl/N-ethyl adjacent to an activating group) is 1. The Morgan fingerprint density at radius 2 is 2.35 bits per heavy atom. The van der Waals surface area contributed by atoms with Crippen LogP contribution in [0.3, 0.4) is 0 Å². The van der Waals surface area contributed by atoms with Crippen LogP contribution in [0.5, 0.6) is 0 Å². The van der Waals surface area contributed by atoms with Crippen molar-refractivity contribution in [1.29, 1.82) is 0 Å². The Hall–Kier alpha value is -1.23. The summed E-state index contributed by atoms with van der Waals surface area (Å²) in [5.41, 5.74) is 0.505. The first-order valence-electron chi connectivity index (χ1n) is 6.18. The van der Waals surface area contributed by atoms with Gasteiger partial charge in [0.2, 0.25) is 0 Å². The molecule has 0 aliphatic carbocycles. The summed E-state index contributed by atoms with van der Waals surface area (Å²) in [5.74, 6) is 0.215. The summed E-state index contributed by atoms with van der Waals surface area (Å²) >= 11 is 0. The molecule has 17 heavy (non-hydrogen) atoms. The molecule has 0 aromatic carbocycles. The maximum absolute atomic E-state index is 14.2. The Morgan fingerprint density at radius 3 is 3.06 bits per heavy atom. The maximum Gasteiger partial charge on any atom is 0.187 e. The van der Waals surface area contributed by atoms with E-state index >= 15 is 0 Å². The molecule has 94 valence electrons. The first-order chi connectivity index (χ1) is 8.27. The van der Waals surface area contributed by atoms with Gasteiger partial charge in [-0.15, -0.1) is 0 Å². The predicted molar refractivity (Wildman–Crippen MR) is 65.7 cm³/mol. The molecule has 0 saturated carbocycles. The average molecular weight is 238 g/mol. The van der Waals surface area contributed by atoms with Gasteiger partial charge in [0.1, 0.15) is 6.33 Å². The van der Waals surface area contributed by atoms with Crippen molar-refractivity contribution in [2.24, 2.45) is 0 Å². The molecule has 1 N–H and O–H groups in total. The number of hydrogen-bond donors (Lipinski definition) is 1. The number of halogens is 1. The highest BCUT2D eigenvalue weighted by molar-refractivity contribution is 5.43. The molecule has 1 aromatic heterocycles. The van der Waals surface area contributed by atoms with Crippen molar-refractivity contribution in [3.8, 4) is 0 Å². The number of nitrogens with zero attached hydrogens (tertiary/aromatic N) is 3. The minimum absolute atomic E-state index is 0.252. The van der Waals surface area contributed by atoms with Gasteiger partial charge in [0.15, 0.2) is 11.6 Å². The lowest BCUT2D eigenvalue weighted by Gasteiger charge is -2.26. The molecule has 1 fully saturated rings. The van der Waals surface area contributed by atoms with Crippen molar-refractivity contribution in [3.05, 3.63) is 17.8 Å². The minimum Gasteiger partial charge on any atom is -0.350 e. The number of hydrogen-bond acceptors (Lipinski definition) is 4. The molecular formula is C12H19FN4. The van der Waals surface area contributed by atoms with Crippen LogP contribution >= 0.6 is 0 Å². The number of anilines is 1. The number of nitrogens with one attached hydrogen (secondary N) is 1. The monoisotopic (exact) mass is 238 g/mol. The van der Waals surface area contributed by atoms with Gasteiger partial charge in [-0.25, -0.2) is 14.4 Å². The second-order valence-corrected chi connectivity index (χ2v) is 4.36. The Labute approximate surface area is 101 Å². The quantitative estimate of drug-likeness (QED) is 0.860. The summed E-state index contributed by atoms with van der Waals surface area (Å²) in [4.78, 5) is 10.1. The lowest BCUT2D eigenvalue weighted by molar-refractivity contribution is 0.563. The lowest BCUT2D eigenvalue weighted by atomic mass is 10.2. The van der Waals surface area contributed by atoms with E-state index in [4.69, 9.17) is 0 Å². The molecule has 1 atom stereocenters. The molecule has 0 spiro atoms. The van der Waals surface area contributed by atoms with Gasteiger partial charge in [-0.05, 0) is 26.3 Å². The summed E-state index contributed by atoms with van der Waals surface area (Å²) in [5, 5.41) is 3.15. The molecular weight excluding hydrogens is 219 g/mol. The predicted octanol–water partition coefficient (Wildman–Crippen LogP) is 1.37. The van der Waals surface area contributed by atoms with E-state index in [1.807, 2.05) is 14.0 Å². The lowest BCUT2D eigenvalue weighted by Crippen LogP contribution is -2.38. The topological polar surface area (TPSA) is 41.1 Å². The van der Waals surface area contributed by atoms with Crippen LogP contribution in [0.25, 0.3) is 0 Å². The second-order valence-electron chi connectivity index (χ2n) is 4.36. The molecule has 0 amide bonds. The summed E-state index contributed by atoms with van der Waals surface area (Å²) in [6.45, 7) is 3.65. The van der Waals surface area contributed by atoms with Crippen molar-refractivity contribution < 1.29 is 4.39 Å². The zero-order chi connectivity index (χ0) is 12.3. The van der Waals surface area contributed by atoms with Crippen LogP contribution in [0, 0.1) is 5.82 Å². The van der Waals surface area contributed by atoms with E-state index in [2.05, 4.69) is 20.2 Å². The van der Waals surface area contributed by atoms with Gasteiger partial charge < -0.3 is 10.2 Å². The minimum atomic E-state index is -0.252. The zero-order valence-corrected chi connectivity index (χ0v) is 10.4. The second kappa shape index (κ2) is 5.40. The Morgan fingerprint density at radius 1 is 1.53 bits per heavy atom. The summed E-state index contributed by atoms with van der Waals surface area (Å²) in [6.07, 6.45) is 4.25. The number of aromatic nitrogens is 2. The van der Waals surface area contributed by atoms with Gasteiger partial charge in [0.05, 0.1) is 5.69 Å². The van der Waals surface area contributed by atoms with E-state index in [9.17, 15) is 4.39 Å². The number of rotatable bonds is 4. The van der Waals surface area contributed by atoms with Crippen LogP contribution in [0.1, 0.15) is 25.5 Å². The first-order valence-corrected chi connectivity index (χ1v) is 6.18. The molecule has 5 heteroatoms. The van der Waals surface area contributed by atoms with E-state index < -0.39 is 0 Å². The highest BCUT2D eigenvalue weighted by Crippen LogP contribution is 2.26. The van der Waals surface area contributed by atoms with Crippen molar-refractivity contribution >= 4 is 5.82 Å². The molecule has 2 rings (SSSR count). The van der Waals surface area contributed by atoms with Gasteiger partial charge in [-0.3, -0.25) is 0 Å². The SMILES string of the molecule is CCc1ncnc(N2CCCC2CNC)c1F. The summed E-state index contributed by atoms with van der Waals surface area (Å²) < 4.78 is 14.2. The molecule has 1 saturated heterocycles. The van der Waals surface area contributed by atoms with Gasteiger partial charge in [-0.2, -0.15) is 0 Å². The maximum atomic E-state index is 14.2. The highest BCUT2D eigenvalue weighted by Gasteiger charge is 2.28. The Balaban J connectivity index is 2.26. The molecule has 1 aromatic rings. The fourth-order valence-electron chi connectivity index (χ4n) is 2.40. The first kappa shape index (κ1) is 12.2. The standard InChI is InChI=1S/C12H19FN4/c1-3-10-11(13)12(16-8-15-10)17-6-4-5-9(17)7-14-2/h8-9,14H,3-7H2,1-2H3. The van der Waals surface area contributed by atoms with Crippen LogP contribution in [0.4, 0.5) is 10.2 Å². The Kier molecular flexibility index (Phi) is 3.89. The van der Waals surface area contributed by atoms with Crippen molar-refractivity contribution in [2.75, 3.05) is 25.0 Å². The van der Waals surface area contributed by atoms with Gasteiger partial charge in [0.25, 0.3) is 0 Å². The number of aryl methyl sites for hydroxylation is 1.